The predicted octanol–water partition coefficient (Wildman–Crippen LogP) is 4.99. The lowest BCUT2D eigenvalue weighted by Crippen LogP contribution is -2.21. The Kier molecular flexibility index (Phi) is 4.49. The lowest BCUT2D eigenvalue weighted by Gasteiger charge is -2.30. The van der Waals surface area contributed by atoms with Gasteiger partial charge in [0.25, 0.3) is 0 Å². The number of hydrogen-bond donors (Lipinski definition) is 0. The molecule has 0 amide bonds. The maximum Gasteiger partial charge on any atom is 0.337 e. The molecule has 2 aromatic rings. The fourth-order valence-corrected chi connectivity index (χ4v) is 3.88. The van der Waals surface area contributed by atoms with Gasteiger partial charge in [-0.15, -0.1) is 0 Å². The normalized spacial score (nSPS) is 14.2. The summed E-state index contributed by atoms with van der Waals surface area (Å²) in [6.07, 6.45) is 5.01. The molecule has 0 atom stereocenters. The number of carbonyl (C=O) groups is 1. The molecule has 24 heavy (non-hydrogen) atoms. The molecule has 0 spiro atoms. The summed E-state index contributed by atoms with van der Waals surface area (Å²) in [7, 11) is 1.41. The maximum absolute atomic E-state index is 11.6. The molecule has 1 aliphatic carbocycles. The number of ether oxygens (including phenoxy) is 1. The summed E-state index contributed by atoms with van der Waals surface area (Å²) >= 11 is 0. The molecule has 2 aromatic carbocycles. The molecule has 0 unspecified atom stereocenters. The van der Waals surface area contributed by atoms with E-state index in [-0.39, 0.29) is 11.4 Å². The van der Waals surface area contributed by atoms with Gasteiger partial charge < -0.3 is 4.74 Å². The second-order valence-corrected chi connectivity index (χ2v) is 7.34. The topological polar surface area (TPSA) is 26.3 Å². The summed E-state index contributed by atoms with van der Waals surface area (Å²) in [6, 6.07) is 12.6. The average molecular weight is 322 g/mol. The highest BCUT2D eigenvalue weighted by Crippen LogP contribution is 2.36. The van der Waals surface area contributed by atoms with Crippen LogP contribution in [0.5, 0.6) is 0 Å². The number of methoxy groups -OCH3 is 1. The molecule has 0 heterocycles. The SMILES string of the molecule is COC(=O)c1ccc(C(C)(C)c2cc3c(cc2C)CCCC3)cc1. The van der Waals surface area contributed by atoms with Crippen molar-refractivity contribution in [1.82, 2.24) is 0 Å². The van der Waals surface area contributed by atoms with Crippen molar-refractivity contribution >= 4 is 5.97 Å². The molecule has 0 fully saturated rings. The van der Waals surface area contributed by atoms with Crippen molar-refractivity contribution in [3.8, 4) is 0 Å². The van der Waals surface area contributed by atoms with Gasteiger partial charge in [0.05, 0.1) is 12.7 Å². The van der Waals surface area contributed by atoms with E-state index in [4.69, 9.17) is 4.74 Å². The van der Waals surface area contributed by atoms with E-state index < -0.39 is 0 Å². The van der Waals surface area contributed by atoms with Crippen LogP contribution in [0.3, 0.4) is 0 Å². The summed E-state index contributed by atoms with van der Waals surface area (Å²) < 4.78 is 4.79. The Morgan fingerprint density at radius 1 is 1.00 bits per heavy atom. The van der Waals surface area contributed by atoms with E-state index in [1.54, 1.807) is 0 Å². The third-order valence-corrected chi connectivity index (χ3v) is 5.39. The van der Waals surface area contributed by atoms with Gasteiger partial charge in [0.2, 0.25) is 0 Å². The largest absolute Gasteiger partial charge is 0.465 e. The van der Waals surface area contributed by atoms with E-state index in [0.717, 1.165) is 0 Å². The third-order valence-electron chi connectivity index (χ3n) is 5.39. The van der Waals surface area contributed by atoms with Crippen molar-refractivity contribution in [3.63, 3.8) is 0 Å². The Hall–Kier alpha value is -2.09. The van der Waals surface area contributed by atoms with E-state index in [0.29, 0.717) is 5.56 Å². The predicted molar refractivity (Wildman–Crippen MR) is 97.7 cm³/mol. The number of benzene rings is 2. The lowest BCUT2D eigenvalue weighted by molar-refractivity contribution is 0.0600. The molecule has 0 N–H and O–H groups in total. The molecule has 3 rings (SSSR count). The minimum absolute atomic E-state index is 0.0921. The lowest BCUT2D eigenvalue weighted by atomic mass is 9.74. The van der Waals surface area contributed by atoms with Crippen LogP contribution >= 0.6 is 0 Å². The van der Waals surface area contributed by atoms with Gasteiger partial charge >= 0.3 is 5.97 Å². The number of fused-ring (bicyclic) bond motifs is 1. The van der Waals surface area contributed by atoms with Gasteiger partial charge in [-0.3, -0.25) is 0 Å². The zero-order valence-corrected chi connectivity index (χ0v) is 15.1. The second kappa shape index (κ2) is 6.43. The van der Waals surface area contributed by atoms with Gasteiger partial charge in [-0.2, -0.15) is 0 Å². The summed E-state index contributed by atoms with van der Waals surface area (Å²) in [4.78, 5) is 11.6. The summed E-state index contributed by atoms with van der Waals surface area (Å²) in [6.45, 7) is 6.74. The number of rotatable bonds is 3. The molecule has 1 aliphatic rings. The van der Waals surface area contributed by atoms with Crippen LogP contribution < -0.4 is 0 Å². The first-order valence-electron chi connectivity index (χ1n) is 8.75. The van der Waals surface area contributed by atoms with E-state index >= 15 is 0 Å². The van der Waals surface area contributed by atoms with Crippen LogP contribution in [0.15, 0.2) is 36.4 Å². The van der Waals surface area contributed by atoms with Crippen molar-refractivity contribution in [2.75, 3.05) is 7.11 Å². The van der Waals surface area contributed by atoms with Gasteiger partial charge in [-0.25, -0.2) is 4.79 Å². The Labute approximate surface area is 144 Å². The van der Waals surface area contributed by atoms with Crippen molar-refractivity contribution in [2.45, 2.75) is 51.9 Å². The van der Waals surface area contributed by atoms with E-state index in [9.17, 15) is 4.79 Å². The Balaban J connectivity index is 1.99. The van der Waals surface area contributed by atoms with Gasteiger partial charge in [0, 0.05) is 5.41 Å². The zero-order chi connectivity index (χ0) is 17.3. The minimum Gasteiger partial charge on any atom is -0.465 e. The van der Waals surface area contributed by atoms with E-state index in [2.05, 4.69) is 32.9 Å². The third kappa shape index (κ3) is 2.98. The van der Waals surface area contributed by atoms with Crippen molar-refractivity contribution in [1.29, 1.82) is 0 Å². The molecular formula is C22H26O2. The van der Waals surface area contributed by atoms with Gasteiger partial charge in [-0.05, 0) is 72.6 Å². The van der Waals surface area contributed by atoms with Crippen molar-refractivity contribution < 1.29 is 9.53 Å². The number of esters is 1. The van der Waals surface area contributed by atoms with Crippen molar-refractivity contribution in [3.05, 3.63) is 69.8 Å². The van der Waals surface area contributed by atoms with Crippen LogP contribution in [0, 0.1) is 6.92 Å². The Bertz CT molecular complexity index is 754. The number of hydrogen-bond acceptors (Lipinski definition) is 2. The molecule has 126 valence electrons. The first-order valence-corrected chi connectivity index (χ1v) is 8.75. The summed E-state index contributed by atoms with van der Waals surface area (Å²) in [5.74, 6) is -0.288. The first-order chi connectivity index (χ1) is 11.4. The van der Waals surface area contributed by atoms with Crippen LogP contribution in [0.4, 0.5) is 0 Å². The Morgan fingerprint density at radius 3 is 2.17 bits per heavy atom. The molecule has 0 saturated heterocycles. The Morgan fingerprint density at radius 2 is 1.58 bits per heavy atom. The second-order valence-electron chi connectivity index (χ2n) is 7.34. The molecule has 0 aliphatic heterocycles. The maximum atomic E-state index is 11.6. The molecule has 0 radical (unpaired) electrons. The number of carbonyl (C=O) groups excluding carboxylic acids is 1. The minimum atomic E-state index is -0.288. The molecule has 0 aromatic heterocycles. The van der Waals surface area contributed by atoms with Gasteiger partial charge in [0.1, 0.15) is 0 Å². The van der Waals surface area contributed by atoms with Crippen LogP contribution in [0.2, 0.25) is 0 Å². The van der Waals surface area contributed by atoms with Crippen LogP contribution in [-0.2, 0) is 23.0 Å². The van der Waals surface area contributed by atoms with Crippen LogP contribution in [-0.4, -0.2) is 13.1 Å². The fourth-order valence-electron chi connectivity index (χ4n) is 3.88. The smallest absolute Gasteiger partial charge is 0.337 e. The number of aryl methyl sites for hydroxylation is 3. The quantitative estimate of drug-likeness (QED) is 0.744. The van der Waals surface area contributed by atoms with Crippen molar-refractivity contribution in [2.24, 2.45) is 0 Å². The van der Waals surface area contributed by atoms with E-state index in [1.165, 1.54) is 60.6 Å². The molecule has 0 saturated carbocycles. The standard InChI is InChI=1S/C22H26O2/c1-15-13-17-7-5-6-8-18(17)14-20(15)22(2,3)19-11-9-16(10-12-19)21(23)24-4/h9-14H,5-8H2,1-4H3. The highest BCUT2D eigenvalue weighted by Gasteiger charge is 2.26. The van der Waals surface area contributed by atoms with Gasteiger partial charge in [-0.1, -0.05) is 38.1 Å². The molecule has 2 nitrogen and oxygen atoms in total. The van der Waals surface area contributed by atoms with Crippen LogP contribution in [0.25, 0.3) is 0 Å². The molecular weight excluding hydrogens is 296 g/mol. The zero-order valence-electron chi connectivity index (χ0n) is 15.1. The van der Waals surface area contributed by atoms with E-state index in [1.807, 2.05) is 24.3 Å². The fraction of sp³-hybridized carbons (Fsp3) is 0.409. The van der Waals surface area contributed by atoms with Crippen LogP contribution in [0.1, 0.15) is 64.9 Å². The molecule has 2 heteroatoms. The summed E-state index contributed by atoms with van der Waals surface area (Å²) in [5.41, 5.74) is 7.51. The monoisotopic (exact) mass is 322 g/mol. The average Bonchev–Trinajstić information content (AvgIpc) is 2.60. The highest BCUT2D eigenvalue weighted by molar-refractivity contribution is 5.89. The molecule has 0 bridgehead atoms. The summed E-state index contributed by atoms with van der Waals surface area (Å²) in [5, 5.41) is 0. The highest BCUT2D eigenvalue weighted by atomic mass is 16.5. The van der Waals surface area contributed by atoms with Gasteiger partial charge in [0.15, 0.2) is 0 Å². The first kappa shape index (κ1) is 16.8.